The predicted octanol–water partition coefficient (Wildman–Crippen LogP) is 0.573. The SMILES string of the molecule is COCCN=C(NN)N1CCC(C)CC1C. The molecule has 1 aliphatic rings. The average molecular weight is 228 g/mol. The number of rotatable bonds is 3. The molecule has 1 aliphatic heterocycles. The number of ether oxygens (including phenoxy) is 1. The number of likely N-dealkylation sites (tertiary alicyclic amines) is 1. The zero-order valence-corrected chi connectivity index (χ0v) is 10.6. The fourth-order valence-electron chi connectivity index (χ4n) is 2.18. The maximum atomic E-state index is 5.52. The van der Waals surface area contributed by atoms with Gasteiger partial charge in [-0.3, -0.25) is 5.43 Å². The fraction of sp³-hybridized carbons (Fsp3) is 0.909. The molecule has 16 heavy (non-hydrogen) atoms. The van der Waals surface area contributed by atoms with E-state index in [1.807, 2.05) is 0 Å². The van der Waals surface area contributed by atoms with Crippen LogP contribution in [0.15, 0.2) is 4.99 Å². The minimum atomic E-state index is 0.501. The highest BCUT2D eigenvalue weighted by Gasteiger charge is 2.24. The average Bonchev–Trinajstić information content (AvgIpc) is 2.26. The van der Waals surface area contributed by atoms with E-state index in [1.54, 1.807) is 7.11 Å². The van der Waals surface area contributed by atoms with Gasteiger partial charge in [-0.05, 0) is 25.7 Å². The van der Waals surface area contributed by atoms with Gasteiger partial charge in [-0.2, -0.15) is 0 Å². The van der Waals surface area contributed by atoms with E-state index in [-0.39, 0.29) is 0 Å². The molecular formula is C11H24N4O. The van der Waals surface area contributed by atoms with E-state index in [0.717, 1.165) is 18.4 Å². The molecule has 0 aromatic heterocycles. The van der Waals surface area contributed by atoms with Crippen molar-refractivity contribution in [1.29, 1.82) is 0 Å². The second-order valence-electron chi connectivity index (χ2n) is 4.51. The van der Waals surface area contributed by atoms with E-state index in [4.69, 9.17) is 10.6 Å². The molecule has 0 spiro atoms. The summed E-state index contributed by atoms with van der Waals surface area (Å²) in [4.78, 5) is 6.66. The quantitative estimate of drug-likeness (QED) is 0.244. The summed E-state index contributed by atoms with van der Waals surface area (Å²) >= 11 is 0. The van der Waals surface area contributed by atoms with Gasteiger partial charge in [-0.25, -0.2) is 10.8 Å². The van der Waals surface area contributed by atoms with E-state index in [2.05, 4.69) is 29.2 Å². The van der Waals surface area contributed by atoms with E-state index >= 15 is 0 Å². The zero-order valence-electron chi connectivity index (χ0n) is 10.6. The maximum Gasteiger partial charge on any atom is 0.208 e. The van der Waals surface area contributed by atoms with Gasteiger partial charge in [0.15, 0.2) is 0 Å². The molecule has 2 atom stereocenters. The molecule has 1 rings (SSSR count). The van der Waals surface area contributed by atoms with Crippen LogP contribution in [-0.4, -0.2) is 43.7 Å². The summed E-state index contributed by atoms with van der Waals surface area (Å²) in [6.07, 6.45) is 2.40. The van der Waals surface area contributed by atoms with Gasteiger partial charge in [-0.15, -0.1) is 0 Å². The summed E-state index contributed by atoms with van der Waals surface area (Å²) in [5.74, 6) is 7.10. The molecule has 3 N–H and O–H groups in total. The smallest absolute Gasteiger partial charge is 0.208 e. The maximum absolute atomic E-state index is 5.52. The lowest BCUT2D eigenvalue weighted by molar-refractivity contribution is 0.197. The molecule has 1 heterocycles. The van der Waals surface area contributed by atoms with Crippen LogP contribution in [0, 0.1) is 5.92 Å². The molecule has 0 radical (unpaired) electrons. The largest absolute Gasteiger partial charge is 0.383 e. The highest BCUT2D eigenvalue weighted by atomic mass is 16.5. The molecular weight excluding hydrogens is 204 g/mol. The van der Waals surface area contributed by atoms with Crippen LogP contribution < -0.4 is 11.3 Å². The van der Waals surface area contributed by atoms with Crippen molar-refractivity contribution in [1.82, 2.24) is 10.3 Å². The Morgan fingerprint density at radius 1 is 1.56 bits per heavy atom. The Balaban J connectivity index is 2.54. The van der Waals surface area contributed by atoms with Crippen molar-refractivity contribution in [2.24, 2.45) is 16.8 Å². The van der Waals surface area contributed by atoms with Gasteiger partial charge in [0, 0.05) is 19.7 Å². The number of hydrogen-bond acceptors (Lipinski definition) is 3. The topological polar surface area (TPSA) is 62.9 Å². The van der Waals surface area contributed by atoms with Crippen LogP contribution in [0.1, 0.15) is 26.7 Å². The lowest BCUT2D eigenvalue weighted by atomic mass is 9.94. The van der Waals surface area contributed by atoms with Crippen LogP contribution in [0.4, 0.5) is 0 Å². The normalized spacial score (nSPS) is 27.0. The van der Waals surface area contributed by atoms with Crippen molar-refractivity contribution in [3.05, 3.63) is 0 Å². The molecule has 0 bridgehead atoms. The van der Waals surface area contributed by atoms with Crippen molar-refractivity contribution in [2.75, 3.05) is 26.8 Å². The van der Waals surface area contributed by atoms with E-state index < -0.39 is 0 Å². The van der Waals surface area contributed by atoms with Crippen molar-refractivity contribution < 1.29 is 4.74 Å². The van der Waals surface area contributed by atoms with Crippen LogP contribution in [-0.2, 0) is 4.74 Å². The van der Waals surface area contributed by atoms with Gasteiger partial charge in [0.25, 0.3) is 0 Å². The standard InChI is InChI=1S/C11H24N4O/c1-9-4-6-15(10(2)8-9)11(14-12)13-5-7-16-3/h9-10H,4-8,12H2,1-3H3,(H,13,14). The number of nitrogens with one attached hydrogen (secondary N) is 1. The summed E-state index contributed by atoms with van der Waals surface area (Å²) in [6, 6.07) is 0.501. The first-order chi connectivity index (χ1) is 7.69. The van der Waals surface area contributed by atoms with Gasteiger partial charge in [0.2, 0.25) is 5.96 Å². The molecule has 0 aliphatic carbocycles. The summed E-state index contributed by atoms with van der Waals surface area (Å²) in [5.41, 5.74) is 2.70. The summed E-state index contributed by atoms with van der Waals surface area (Å²) in [6.45, 7) is 6.82. The van der Waals surface area contributed by atoms with E-state index in [0.29, 0.717) is 19.2 Å². The Labute approximate surface area is 98.0 Å². The summed E-state index contributed by atoms with van der Waals surface area (Å²) in [7, 11) is 1.68. The molecule has 0 aromatic carbocycles. The molecule has 1 saturated heterocycles. The van der Waals surface area contributed by atoms with Crippen LogP contribution in [0.3, 0.4) is 0 Å². The molecule has 5 heteroatoms. The van der Waals surface area contributed by atoms with Gasteiger partial charge < -0.3 is 9.64 Å². The monoisotopic (exact) mass is 228 g/mol. The van der Waals surface area contributed by atoms with Crippen molar-refractivity contribution in [2.45, 2.75) is 32.7 Å². The van der Waals surface area contributed by atoms with Crippen LogP contribution in [0.5, 0.6) is 0 Å². The molecule has 2 unspecified atom stereocenters. The first-order valence-electron chi connectivity index (χ1n) is 5.95. The Morgan fingerprint density at radius 3 is 2.88 bits per heavy atom. The number of methoxy groups -OCH3 is 1. The number of nitrogens with two attached hydrogens (primary N) is 1. The third-order valence-electron chi connectivity index (χ3n) is 3.10. The number of guanidine groups is 1. The first-order valence-corrected chi connectivity index (χ1v) is 5.95. The third-order valence-corrected chi connectivity index (χ3v) is 3.10. The van der Waals surface area contributed by atoms with Crippen LogP contribution >= 0.6 is 0 Å². The number of hydrogen-bond donors (Lipinski definition) is 2. The second kappa shape index (κ2) is 6.70. The molecule has 94 valence electrons. The fourth-order valence-corrected chi connectivity index (χ4v) is 2.18. The summed E-state index contributed by atoms with van der Waals surface area (Å²) in [5, 5.41) is 0. The molecule has 0 aromatic rings. The molecule has 0 amide bonds. The van der Waals surface area contributed by atoms with E-state index in [9.17, 15) is 0 Å². The number of aliphatic imine (C=N–C) groups is 1. The summed E-state index contributed by atoms with van der Waals surface area (Å²) < 4.78 is 4.97. The van der Waals surface area contributed by atoms with Crippen molar-refractivity contribution in [3.8, 4) is 0 Å². The number of nitrogens with zero attached hydrogens (tertiary/aromatic N) is 2. The molecule has 1 fully saturated rings. The molecule has 0 saturated carbocycles. The minimum Gasteiger partial charge on any atom is -0.383 e. The first kappa shape index (κ1) is 13.3. The Morgan fingerprint density at radius 2 is 2.31 bits per heavy atom. The zero-order chi connectivity index (χ0) is 12.0. The molecule has 5 nitrogen and oxygen atoms in total. The van der Waals surface area contributed by atoms with Gasteiger partial charge in [-0.1, -0.05) is 6.92 Å². The number of piperidine rings is 1. The van der Waals surface area contributed by atoms with Gasteiger partial charge >= 0.3 is 0 Å². The number of hydrazine groups is 1. The highest BCUT2D eigenvalue weighted by Crippen LogP contribution is 2.21. The third kappa shape index (κ3) is 3.64. The minimum absolute atomic E-state index is 0.501. The Bertz CT molecular complexity index is 232. The van der Waals surface area contributed by atoms with E-state index in [1.165, 1.54) is 12.8 Å². The lowest BCUT2D eigenvalue weighted by Crippen LogP contribution is -2.52. The van der Waals surface area contributed by atoms with Gasteiger partial charge in [0.1, 0.15) is 0 Å². The van der Waals surface area contributed by atoms with Crippen molar-refractivity contribution in [3.63, 3.8) is 0 Å². The van der Waals surface area contributed by atoms with Crippen LogP contribution in [0.25, 0.3) is 0 Å². The van der Waals surface area contributed by atoms with Gasteiger partial charge in [0.05, 0.1) is 13.2 Å². The highest BCUT2D eigenvalue weighted by molar-refractivity contribution is 5.79. The Kier molecular flexibility index (Phi) is 5.55. The van der Waals surface area contributed by atoms with Crippen LogP contribution in [0.2, 0.25) is 0 Å². The predicted molar refractivity (Wildman–Crippen MR) is 66.1 cm³/mol. The lowest BCUT2D eigenvalue weighted by Gasteiger charge is -2.38. The van der Waals surface area contributed by atoms with Crippen molar-refractivity contribution >= 4 is 5.96 Å². The second-order valence-corrected chi connectivity index (χ2v) is 4.51. The Hall–Kier alpha value is -0.810.